The topological polar surface area (TPSA) is 74.6 Å². The molecule has 196 valence electrons. The summed E-state index contributed by atoms with van der Waals surface area (Å²) in [4.78, 5) is 26.2. The van der Waals surface area contributed by atoms with Gasteiger partial charge >= 0.3 is 0 Å². The normalized spacial score (nSPS) is 25.8. The predicted molar refractivity (Wildman–Crippen MR) is 140 cm³/mol. The van der Waals surface area contributed by atoms with Crippen molar-refractivity contribution in [3.8, 4) is 0 Å². The minimum Gasteiger partial charge on any atom is -0.396 e. The quantitative estimate of drug-likeness (QED) is 0.213. The van der Waals surface area contributed by atoms with Crippen LogP contribution in [0.2, 0.25) is 0 Å². The standard InChI is InChI=1S/C30H52O4/c1-29(2,21-31)19-7-5-11-23-13-9-15-25(27(23)33)17-18-26-16-10-14-24(28(26)34)12-6-8-20-30(3,4)22-32/h17,23-24,26,31-32H,5-16,18-22H2,1-4H3. The van der Waals surface area contributed by atoms with E-state index in [1.807, 2.05) is 0 Å². The van der Waals surface area contributed by atoms with E-state index in [2.05, 4.69) is 33.8 Å². The van der Waals surface area contributed by atoms with Crippen LogP contribution in [0.4, 0.5) is 0 Å². The molecule has 0 heterocycles. The molecule has 0 saturated heterocycles. The lowest BCUT2D eigenvalue weighted by atomic mass is 9.75. The monoisotopic (exact) mass is 476 g/mol. The van der Waals surface area contributed by atoms with Gasteiger partial charge in [-0.3, -0.25) is 9.59 Å². The van der Waals surface area contributed by atoms with Gasteiger partial charge in [0.05, 0.1) is 0 Å². The highest BCUT2D eigenvalue weighted by Crippen LogP contribution is 2.35. The summed E-state index contributed by atoms with van der Waals surface area (Å²) in [5, 5.41) is 18.8. The highest BCUT2D eigenvalue weighted by atomic mass is 16.3. The molecular weight excluding hydrogens is 424 g/mol. The van der Waals surface area contributed by atoms with Gasteiger partial charge in [0.1, 0.15) is 5.78 Å². The van der Waals surface area contributed by atoms with E-state index in [9.17, 15) is 19.8 Å². The molecule has 0 bridgehead atoms. The van der Waals surface area contributed by atoms with Crippen molar-refractivity contribution >= 4 is 11.6 Å². The molecule has 0 aromatic rings. The van der Waals surface area contributed by atoms with Crippen molar-refractivity contribution in [3.05, 3.63) is 11.6 Å². The second-order valence-electron chi connectivity index (χ2n) is 12.8. The number of carbonyl (C=O) groups excluding carboxylic acids is 2. The Kier molecular flexibility index (Phi) is 12.0. The summed E-state index contributed by atoms with van der Waals surface area (Å²) in [5.41, 5.74) is 0.932. The Morgan fingerprint density at radius 3 is 1.88 bits per heavy atom. The van der Waals surface area contributed by atoms with Crippen LogP contribution in [0.25, 0.3) is 0 Å². The first-order valence-corrected chi connectivity index (χ1v) is 14.1. The van der Waals surface area contributed by atoms with Crippen LogP contribution < -0.4 is 0 Å². The molecule has 2 fully saturated rings. The van der Waals surface area contributed by atoms with Crippen molar-refractivity contribution < 1.29 is 19.8 Å². The second kappa shape index (κ2) is 13.9. The van der Waals surface area contributed by atoms with Crippen LogP contribution in [-0.2, 0) is 9.59 Å². The molecule has 2 saturated carbocycles. The van der Waals surface area contributed by atoms with E-state index >= 15 is 0 Å². The molecule has 0 aliphatic heterocycles. The zero-order chi connectivity index (χ0) is 25.2. The van der Waals surface area contributed by atoms with Gasteiger partial charge in [-0.25, -0.2) is 0 Å². The maximum Gasteiger partial charge on any atom is 0.161 e. The van der Waals surface area contributed by atoms with Crippen LogP contribution >= 0.6 is 0 Å². The maximum absolute atomic E-state index is 13.1. The lowest BCUT2D eigenvalue weighted by Gasteiger charge is -2.28. The third-order valence-electron chi connectivity index (χ3n) is 8.41. The fourth-order valence-electron chi connectivity index (χ4n) is 5.71. The van der Waals surface area contributed by atoms with Crippen LogP contribution in [0.15, 0.2) is 11.6 Å². The van der Waals surface area contributed by atoms with Crippen molar-refractivity contribution in [2.24, 2.45) is 28.6 Å². The Hall–Kier alpha value is -1.00. The molecule has 0 spiro atoms. The van der Waals surface area contributed by atoms with Crippen molar-refractivity contribution in [1.29, 1.82) is 0 Å². The summed E-state index contributed by atoms with van der Waals surface area (Å²) < 4.78 is 0. The highest BCUT2D eigenvalue weighted by Gasteiger charge is 2.31. The van der Waals surface area contributed by atoms with Gasteiger partial charge < -0.3 is 10.2 Å². The van der Waals surface area contributed by atoms with Gasteiger partial charge in [0.15, 0.2) is 5.78 Å². The van der Waals surface area contributed by atoms with E-state index in [0.717, 1.165) is 102 Å². The molecule has 4 heteroatoms. The van der Waals surface area contributed by atoms with Gasteiger partial charge in [-0.05, 0) is 80.6 Å². The summed E-state index contributed by atoms with van der Waals surface area (Å²) in [6, 6.07) is 0. The average molecular weight is 477 g/mol. The smallest absolute Gasteiger partial charge is 0.161 e. The van der Waals surface area contributed by atoms with Crippen molar-refractivity contribution in [2.45, 2.75) is 124 Å². The first-order valence-electron chi connectivity index (χ1n) is 14.1. The first-order chi connectivity index (χ1) is 16.1. The Labute approximate surface area is 209 Å². The van der Waals surface area contributed by atoms with Crippen LogP contribution in [0.5, 0.6) is 0 Å². The Morgan fingerprint density at radius 1 is 0.765 bits per heavy atom. The number of ketones is 2. The maximum atomic E-state index is 13.1. The number of carbonyl (C=O) groups is 2. The summed E-state index contributed by atoms with van der Waals surface area (Å²) in [6.07, 6.45) is 17.1. The molecule has 2 rings (SSSR count). The Morgan fingerprint density at radius 2 is 1.29 bits per heavy atom. The van der Waals surface area contributed by atoms with Gasteiger partial charge in [-0.1, -0.05) is 65.9 Å². The van der Waals surface area contributed by atoms with E-state index in [0.29, 0.717) is 11.6 Å². The largest absolute Gasteiger partial charge is 0.396 e. The summed E-state index contributed by atoms with van der Waals surface area (Å²) >= 11 is 0. The first kappa shape index (κ1) is 29.2. The highest BCUT2D eigenvalue weighted by molar-refractivity contribution is 5.97. The van der Waals surface area contributed by atoms with Gasteiger partial charge in [-0.15, -0.1) is 0 Å². The minimum absolute atomic E-state index is 0.0221. The number of hydrogen-bond acceptors (Lipinski definition) is 4. The molecule has 4 nitrogen and oxygen atoms in total. The lowest BCUT2D eigenvalue weighted by Crippen LogP contribution is -2.28. The lowest BCUT2D eigenvalue weighted by molar-refractivity contribution is -0.129. The molecule has 34 heavy (non-hydrogen) atoms. The number of hydrogen-bond donors (Lipinski definition) is 2. The van der Waals surface area contributed by atoms with Crippen LogP contribution in [-0.4, -0.2) is 35.0 Å². The molecule has 2 aliphatic rings. The number of unbranched alkanes of at least 4 members (excludes halogenated alkanes) is 2. The second-order valence-corrected chi connectivity index (χ2v) is 12.8. The predicted octanol–water partition coefficient (Wildman–Crippen LogP) is 6.82. The fraction of sp³-hybridized carbons (Fsp3) is 0.867. The van der Waals surface area contributed by atoms with Crippen molar-refractivity contribution in [2.75, 3.05) is 13.2 Å². The minimum atomic E-state index is -0.0257. The van der Waals surface area contributed by atoms with E-state index in [1.165, 1.54) is 0 Å². The van der Waals surface area contributed by atoms with E-state index in [4.69, 9.17) is 0 Å². The molecule has 0 amide bonds. The third kappa shape index (κ3) is 9.57. The summed E-state index contributed by atoms with van der Waals surface area (Å²) in [5.74, 6) is 1.19. The van der Waals surface area contributed by atoms with Gasteiger partial charge in [0, 0.05) is 31.0 Å². The van der Waals surface area contributed by atoms with E-state index in [1.54, 1.807) is 0 Å². The Bertz CT molecular complexity index is 675. The molecular formula is C30H52O4. The summed E-state index contributed by atoms with van der Waals surface area (Å²) in [6.45, 7) is 8.80. The van der Waals surface area contributed by atoms with Gasteiger partial charge in [-0.2, -0.15) is 0 Å². The van der Waals surface area contributed by atoms with E-state index in [-0.39, 0.29) is 41.8 Å². The van der Waals surface area contributed by atoms with Crippen molar-refractivity contribution in [3.63, 3.8) is 0 Å². The molecule has 2 N–H and O–H groups in total. The number of rotatable bonds is 14. The Balaban J connectivity index is 1.79. The molecule has 0 radical (unpaired) electrons. The number of aliphatic hydroxyl groups is 2. The molecule has 3 unspecified atom stereocenters. The number of Topliss-reactive ketones (excluding diaryl/α,β-unsaturated/α-hetero) is 2. The molecule has 2 aliphatic carbocycles. The molecule has 3 atom stereocenters. The molecule has 0 aromatic heterocycles. The number of aliphatic hydroxyl groups excluding tert-OH is 2. The van der Waals surface area contributed by atoms with E-state index < -0.39 is 0 Å². The average Bonchev–Trinajstić information content (AvgIpc) is 2.81. The van der Waals surface area contributed by atoms with Crippen LogP contribution in [0, 0.1) is 28.6 Å². The summed E-state index contributed by atoms with van der Waals surface area (Å²) in [7, 11) is 0. The van der Waals surface area contributed by atoms with Crippen LogP contribution in [0.1, 0.15) is 124 Å². The zero-order valence-corrected chi connectivity index (χ0v) is 22.5. The van der Waals surface area contributed by atoms with Gasteiger partial charge in [0.2, 0.25) is 0 Å². The van der Waals surface area contributed by atoms with Crippen molar-refractivity contribution in [1.82, 2.24) is 0 Å². The molecule has 0 aromatic carbocycles. The van der Waals surface area contributed by atoms with Gasteiger partial charge in [0.25, 0.3) is 0 Å². The van der Waals surface area contributed by atoms with Crippen LogP contribution in [0.3, 0.4) is 0 Å². The number of allylic oxidation sites excluding steroid dienone is 2. The third-order valence-corrected chi connectivity index (χ3v) is 8.41. The fourth-order valence-corrected chi connectivity index (χ4v) is 5.71. The zero-order valence-electron chi connectivity index (χ0n) is 22.5. The SMILES string of the molecule is CC(C)(CO)CCCCC1CCCC(=CCC2CCCC(CCCCC(C)(C)CO)C2=O)C1=O.